The summed E-state index contributed by atoms with van der Waals surface area (Å²) in [7, 11) is 0. The minimum atomic E-state index is -0.910. The van der Waals surface area contributed by atoms with Crippen LogP contribution < -0.4 is 5.32 Å². The maximum absolute atomic E-state index is 12.7. The number of carbonyl (C=O) groups is 3. The first kappa shape index (κ1) is 19.4. The summed E-state index contributed by atoms with van der Waals surface area (Å²) < 4.78 is 5.34. The Kier molecular flexibility index (Phi) is 5.93. The number of nitrogens with one attached hydrogen (secondary N) is 1. The van der Waals surface area contributed by atoms with E-state index < -0.39 is 12.1 Å². The molecule has 0 bridgehead atoms. The van der Waals surface area contributed by atoms with Crippen molar-refractivity contribution in [3.8, 4) is 0 Å². The van der Waals surface area contributed by atoms with Crippen LogP contribution in [0.2, 0.25) is 0 Å². The van der Waals surface area contributed by atoms with E-state index in [0.29, 0.717) is 11.3 Å². The highest BCUT2D eigenvalue weighted by Crippen LogP contribution is 2.19. The summed E-state index contributed by atoms with van der Waals surface area (Å²) in [5.74, 6) is -1.08. The SMILES string of the molecule is CC(=O)Nc1cccc(C(=O)O[C@H](C)C(=O)c2cc(C)c(C)cc2C)c1. The lowest BCUT2D eigenvalue weighted by Gasteiger charge is -2.15. The summed E-state index contributed by atoms with van der Waals surface area (Å²) in [6.45, 7) is 8.74. The molecule has 2 rings (SSSR count). The summed E-state index contributed by atoms with van der Waals surface area (Å²) in [6, 6.07) is 10.2. The molecular formula is C21H23NO4. The lowest BCUT2D eigenvalue weighted by Crippen LogP contribution is -2.25. The number of anilines is 1. The van der Waals surface area contributed by atoms with Gasteiger partial charge in [-0.2, -0.15) is 0 Å². The van der Waals surface area contributed by atoms with Crippen molar-refractivity contribution in [2.75, 3.05) is 5.32 Å². The van der Waals surface area contributed by atoms with E-state index in [4.69, 9.17) is 4.74 Å². The van der Waals surface area contributed by atoms with Crippen LogP contribution in [-0.2, 0) is 9.53 Å². The Balaban J connectivity index is 2.15. The van der Waals surface area contributed by atoms with Gasteiger partial charge in [0.2, 0.25) is 11.7 Å². The fourth-order valence-corrected chi connectivity index (χ4v) is 2.65. The Bertz CT molecular complexity index is 870. The van der Waals surface area contributed by atoms with Crippen molar-refractivity contribution in [3.63, 3.8) is 0 Å². The zero-order valence-electron chi connectivity index (χ0n) is 15.7. The number of carbonyl (C=O) groups excluding carboxylic acids is 3. The summed E-state index contributed by atoms with van der Waals surface area (Å²) in [5.41, 5.74) is 4.30. The Morgan fingerprint density at radius 3 is 2.27 bits per heavy atom. The van der Waals surface area contributed by atoms with Gasteiger partial charge in [-0.3, -0.25) is 9.59 Å². The largest absolute Gasteiger partial charge is 0.451 e. The van der Waals surface area contributed by atoms with Crippen molar-refractivity contribution < 1.29 is 19.1 Å². The lowest BCUT2D eigenvalue weighted by atomic mass is 9.96. The van der Waals surface area contributed by atoms with Crippen molar-refractivity contribution in [1.82, 2.24) is 0 Å². The fourth-order valence-electron chi connectivity index (χ4n) is 2.65. The first-order chi connectivity index (χ1) is 12.2. The van der Waals surface area contributed by atoms with E-state index in [-0.39, 0.29) is 17.3 Å². The molecule has 2 aromatic rings. The van der Waals surface area contributed by atoms with Gasteiger partial charge in [-0.15, -0.1) is 0 Å². The molecule has 0 aliphatic heterocycles. The number of hydrogen-bond acceptors (Lipinski definition) is 4. The van der Waals surface area contributed by atoms with Gasteiger partial charge in [-0.25, -0.2) is 4.79 Å². The third-order valence-corrected chi connectivity index (χ3v) is 4.18. The summed E-state index contributed by atoms with van der Waals surface area (Å²) in [4.78, 5) is 36.2. The molecule has 0 aliphatic carbocycles. The topological polar surface area (TPSA) is 72.5 Å². The van der Waals surface area contributed by atoms with E-state index in [1.54, 1.807) is 25.1 Å². The van der Waals surface area contributed by atoms with Gasteiger partial charge in [0.1, 0.15) is 0 Å². The Hall–Kier alpha value is -2.95. The third-order valence-electron chi connectivity index (χ3n) is 4.18. The number of benzene rings is 2. The van der Waals surface area contributed by atoms with E-state index in [0.717, 1.165) is 16.7 Å². The van der Waals surface area contributed by atoms with Gasteiger partial charge in [0.15, 0.2) is 6.10 Å². The van der Waals surface area contributed by atoms with Crippen LogP contribution in [0.4, 0.5) is 5.69 Å². The van der Waals surface area contributed by atoms with Gasteiger partial charge in [0.05, 0.1) is 5.56 Å². The van der Waals surface area contributed by atoms with Crippen LogP contribution in [0.15, 0.2) is 36.4 Å². The van der Waals surface area contributed by atoms with Gasteiger partial charge in [0.25, 0.3) is 0 Å². The van der Waals surface area contributed by atoms with Crippen LogP contribution in [0.5, 0.6) is 0 Å². The van der Waals surface area contributed by atoms with Gasteiger partial charge >= 0.3 is 5.97 Å². The number of esters is 1. The second kappa shape index (κ2) is 7.95. The molecular weight excluding hydrogens is 330 g/mol. The van der Waals surface area contributed by atoms with Crippen molar-refractivity contribution >= 4 is 23.3 Å². The van der Waals surface area contributed by atoms with Gasteiger partial charge in [-0.1, -0.05) is 12.1 Å². The quantitative estimate of drug-likeness (QED) is 0.651. The molecule has 0 radical (unpaired) electrons. The molecule has 5 nitrogen and oxygen atoms in total. The number of amides is 1. The van der Waals surface area contributed by atoms with Crippen molar-refractivity contribution in [3.05, 3.63) is 64.2 Å². The molecule has 26 heavy (non-hydrogen) atoms. The predicted octanol–water partition coefficient (Wildman–Crippen LogP) is 4.00. The smallest absolute Gasteiger partial charge is 0.338 e. The lowest BCUT2D eigenvalue weighted by molar-refractivity contribution is -0.114. The molecule has 1 atom stereocenters. The maximum Gasteiger partial charge on any atom is 0.338 e. The van der Waals surface area contributed by atoms with E-state index in [9.17, 15) is 14.4 Å². The number of ketones is 1. The first-order valence-corrected chi connectivity index (χ1v) is 8.39. The normalized spacial score (nSPS) is 11.6. The number of Topliss-reactive ketones (excluding diaryl/α,β-unsaturated/α-hetero) is 1. The Morgan fingerprint density at radius 2 is 1.62 bits per heavy atom. The van der Waals surface area contributed by atoms with Crippen molar-refractivity contribution in [1.29, 1.82) is 0 Å². The molecule has 1 N–H and O–H groups in total. The molecule has 0 aliphatic rings. The van der Waals surface area contributed by atoms with Crippen LogP contribution in [0.25, 0.3) is 0 Å². The summed E-state index contributed by atoms with van der Waals surface area (Å²) in [6.07, 6.45) is -0.910. The Morgan fingerprint density at radius 1 is 0.962 bits per heavy atom. The molecule has 1 amide bonds. The minimum absolute atomic E-state index is 0.232. The van der Waals surface area contributed by atoms with Crippen LogP contribution in [0, 0.1) is 20.8 Å². The fraction of sp³-hybridized carbons (Fsp3) is 0.286. The molecule has 0 saturated heterocycles. The Labute approximate surface area is 153 Å². The third kappa shape index (κ3) is 4.57. The zero-order chi connectivity index (χ0) is 19.4. The molecule has 5 heteroatoms. The van der Waals surface area contributed by atoms with E-state index in [2.05, 4.69) is 5.32 Å². The highest BCUT2D eigenvalue weighted by Gasteiger charge is 2.22. The molecule has 0 saturated carbocycles. The minimum Gasteiger partial charge on any atom is -0.451 e. The van der Waals surface area contributed by atoms with E-state index >= 15 is 0 Å². The molecule has 2 aromatic carbocycles. The zero-order valence-corrected chi connectivity index (χ0v) is 15.7. The average Bonchev–Trinajstić information content (AvgIpc) is 2.57. The predicted molar refractivity (Wildman–Crippen MR) is 101 cm³/mol. The highest BCUT2D eigenvalue weighted by atomic mass is 16.5. The second-order valence-electron chi connectivity index (χ2n) is 6.43. The molecule has 136 valence electrons. The standard InChI is InChI=1S/C21H23NO4/c1-12-9-14(3)19(10-13(12)2)20(24)15(4)26-21(25)17-7-6-8-18(11-17)22-16(5)23/h6-11,15H,1-5H3,(H,22,23)/t15-/m1/s1. The number of ether oxygens (including phenoxy) is 1. The molecule has 0 spiro atoms. The summed E-state index contributed by atoms with van der Waals surface area (Å²) >= 11 is 0. The van der Waals surface area contributed by atoms with E-state index in [1.165, 1.54) is 13.0 Å². The first-order valence-electron chi connectivity index (χ1n) is 8.39. The average molecular weight is 353 g/mol. The van der Waals surface area contributed by atoms with Crippen molar-refractivity contribution in [2.45, 2.75) is 40.7 Å². The maximum atomic E-state index is 12.7. The van der Waals surface area contributed by atoms with Crippen LogP contribution >= 0.6 is 0 Å². The van der Waals surface area contributed by atoms with Crippen LogP contribution in [-0.4, -0.2) is 23.8 Å². The number of aryl methyl sites for hydroxylation is 3. The molecule has 0 heterocycles. The van der Waals surface area contributed by atoms with E-state index in [1.807, 2.05) is 32.9 Å². The van der Waals surface area contributed by atoms with Gasteiger partial charge < -0.3 is 10.1 Å². The number of hydrogen-bond donors (Lipinski definition) is 1. The van der Waals surface area contributed by atoms with Gasteiger partial charge in [-0.05, 0) is 68.7 Å². The molecule has 0 aromatic heterocycles. The highest BCUT2D eigenvalue weighted by molar-refractivity contribution is 6.03. The molecule has 0 unspecified atom stereocenters. The second-order valence-corrected chi connectivity index (χ2v) is 6.43. The van der Waals surface area contributed by atoms with Crippen LogP contribution in [0.3, 0.4) is 0 Å². The van der Waals surface area contributed by atoms with Crippen molar-refractivity contribution in [2.24, 2.45) is 0 Å². The number of rotatable bonds is 5. The molecule has 0 fully saturated rings. The van der Waals surface area contributed by atoms with Gasteiger partial charge in [0, 0.05) is 18.2 Å². The summed E-state index contributed by atoms with van der Waals surface area (Å²) in [5, 5.41) is 2.61. The monoisotopic (exact) mass is 353 g/mol. The van der Waals surface area contributed by atoms with Crippen LogP contribution in [0.1, 0.15) is 51.3 Å².